The summed E-state index contributed by atoms with van der Waals surface area (Å²) < 4.78 is 12.1. The molecule has 1 aromatic heterocycles. The molecule has 7 heteroatoms. The van der Waals surface area contributed by atoms with Crippen molar-refractivity contribution in [2.24, 2.45) is 0 Å². The van der Waals surface area contributed by atoms with Crippen LogP contribution in [0.4, 0.5) is 0 Å². The van der Waals surface area contributed by atoms with Crippen molar-refractivity contribution in [3.05, 3.63) is 47.0 Å². The highest BCUT2D eigenvalue weighted by Gasteiger charge is 2.58. The van der Waals surface area contributed by atoms with Crippen molar-refractivity contribution in [1.29, 1.82) is 0 Å². The van der Waals surface area contributed by atoms with Crippen molar-refractivity contribution in [2.45, 2.75) is 37.9 Å². The number of carbonyl (C=O) groups is 1. The highest BCUT2D eigenvalue weighted by Crippen LogP contribution is 2.58. The molecule has 4 rings (SSSR count). The van der Waals surface area contributed by atoms with Gasteiger partial charge in [0.1, 0.15) is 18.3 Å². The van der Waals surface area contributed by atoms with Gasteiger partial charge >= 0.3 is 5.97 Å². The maximum atomic E-state index is 11.2. The van der Waals surface area contributed by atoms with Crippen LogP contribution in [0.1, 0.15) is 35.8 Å². The van der Waals surface area contributed by atoms with Gasteiger partial charge in [0.2, 0.25) is 11.8 Å². The van der Waals surface area contributed by atoms with Crippen molar-refractivity contribution in [2.75, 3.05) is 0 Å². The van der Waals surface area contributed by atoms with Gasteiger partial charge in [-0.15, -0.1) is 0 Å². The summed E-state index contributed by atoms with van der Waals surface area (Å²) in [6, 6.07) is 9.38. The van der Waals surface area contributed by atoms with Crippen LogP contribution in [-0.2, 0) is 20.8 Å². The highest BCUT2D eigenvalue weighted by molar-refractivity contribution is 5.67. The Labute approximate surface area is 137 Å². The number of hydrogen-bond donors (Lipinski definition) is 3. The first kappa shape index (κ1) is 15.0. The number of aromatic nitrogens is 1. The van der Waals surface area contributed by atoms with Crippen LogP contribution in [0, 0.1) is 0 Å². The van der Waals surface area contributed by atoms with Crippen LogP contribution in [0.3, 0.4) is 0 Å². The lowest BCUT2D eigenvalue weighted by atomic mass is 9.90. The standard InChI is InChI=1S/C17H17NO6/c1-8(19)23-15-12(20)13-10-11(14(15)24-13)17(22)18(16(10)21)7-9-5-3-2-4-6-9/h2-6,12-15,20-22H,7H2,1H3/t12-,13+,14?,15?/m1/s1. The molecule has 4 atom stereocenters. The van der Waals surface area contributed by atoms with Gasteiger partial charge < -0.3 is 24.8 Å². The third kappa shape index (κ3) is 2.02. The van der Waals surface area contributed by atoms with Gasteiger partial charge in [0.25, 0.3) is 0 Å². The fourth-order valence-electron chi connectivity index (χ4n) is 3.57. The Morgan fingerprint density at radius 2 is 1.79 bits per heavy atom. The lowest BCUT2D eigenvalue weighted by Crippen LogP contribution is -2.34. The minimum Gasteiger partial charge on any atom is -0.494 e. The molecule has 1 fully saturated rings. The van der Waals surface area contributed by atoms with Crippen molar-refractivity contribution in [1.82, 2.24) is 4.57 Å². The van der Waals surface area contributed by atoms with E-state index in [1.807, 2.05) is 30.3 Å². The van der Waals surface area contributed by atoms with E-state index >= 15 is 0 Å². The van der Waals surface area contributed by atoms with Gasteiger partial charge in [-0.1, -0.05) is 30.3 Å². The summed E-state index contributed by atoms with van der Waals surface area (Å²) in [5.74, 6) is -0.814. The summed E-state index contributed by atoms with van der Waals surface area (Å²) in [5.41, 5.74) is 1.65. The quantitative estimate of drug-likeness (QED) is 0.734. The number of aliphatic hydroxyl groups excluding tert-OH is 1. The number of nitrogens with zero attached hydrogens (tertiary/aromatic N) is 1. The molecule has 3 N–H and O–H groups in total. The largest absolute Gasteiger partial charge is 0.494 e. The highest BCUT2D eigenvalue weighted by atomic mass is 16.6. The Balaban J connectivity index is 1.73. The van der Waals surface area contributed by atoms with Crippen LogP contribution in [-0.4, -0.2) is 38.1 Å². The number of benzene rings is 1. The molecule has 7 nitrogen and oxygen atoms in total. The van der Waals surface area contributed by atoms with Crippen molar-refractivity contribution >= 4 is 5.97 Å². The van der Waals surface area contributed by atoms with E-state index in [1.165, 1.54) is 11.5 Å². The second kappa shape index (κ2) is 5.25. The van der Waals surface area contributed by atoms with E-state index < -0.39 is 30.4 Å². The molecule has 2 aromatic rings. The maximum absolute atomic E-state index is 11.2. The topological polar surface area (TPSA) is 101 Å². The number of esters is 1. The molecule has 2 unspecified atom stereocenters. The number of rotatable bonds is 3. The van der Waals surface area contributed by atoms with Crippen LogP contribution >= 0.6 is 0 Å². The van der Waals surface area contributed by atoms with Crippen molar-refractivity contribution in [3.63, 3.8) is 0 Å². The number of hydrogen-bond acceptors (Lipinski definition) is 6. The average Bonchev–Trinajstić information content (AvgIpc) is 3.16. The number of carbonyl (C=O) groups excluding carboxylic acids is 1. The first-order chi connectivity index (χ1) is 11.5. The minimum absolute atomic E-state index is 0.136. The molecular formula is C17H17NO6. The van der Waals surface area contributed by atoms with Gasteiger partial charge in [-0.3, -0.25) is 9.36 Å². The number of ether oxygens (including phenoxy) is 2. The molecule has 2 aliphatic heterocycles. The van der Waals surface area contributed by atoms with E-state index in [1.54, 1.807) is 0 Å². The van der Waals surface area contributed by atoms with Crippen LogP contribution < -0.4 is 0 Å². The first-order valence-corrected chi connectivity index (χ1v) is 7.68. The summed E-state index contributed by atoms with van der Waals surface area (Å²) in [5, 5.41) is 31.3. The SMILES string of the molecule is CC(=O)OC1C2O[C@@H](c3c2c(O)n(Cc2ccccc2)c3O)[C@H]1O. The van der Waals surface area contributed by atoms with E-state index in [4.69, 9.17) is 9.47 Å². The van der Waals surface area contributed by atoms with Crippen LogP contribution in [0.2, 0.25) is 0 Å². The van der Waals surface area contributed by atoms with Gasteiger partial charge in [-0.05, 0) is 5.56 Å². The van der Waals surface area contributed by atoms with Gasteiger partial charge in [-0.2, -0.15) is 0 Å². The monoisotopic (exact) mass is 331 g/mol. The Kier molecular flexibility index (Phi) is 3.29. The third-order valence-corrected chi connectivity index (χ3v) is 4.58. The normalized spacial score (nSPS) is 27.2. The Bertz CT molecular complexity index is 799. The molecule has 126 valence electrons. The number of fused-ring (bicyclic) bond motifs is 5. The summed E-state index contributed by atoms with van der Waals surface area (Å²) in [6.07, 6.45) is -3.58. The van der Waals surface area contributed by atoms with E-state index in [-0.39, 0.29) is 18.3 Å². The molecule has 24 heavy (non-hydrogen) atoms. The lowest BCUT2D eigenvalue weighted by Gasteiger charge is -2.23. The zero-order valence-corrected chi connectivity index (χ0v) is 12.9. The molecule has 3 heterocycles. The molecule has 2 bridgehead atoms. The number of aromatic hydroxyl groups is 2. The summed E-state index contributed by atoms with van der Waals surface area (Å²) in [6.45, 7) is 1.52. The molecule has 0 spiro atoms. The van der Waals surface area contributed by atoms with E-state index in [9.17, 15) is 20.1 Å². The van der Waals surface area contributed by atoms with Gasteiger partial charge in [0, 0.05) is 6.92 Å². The second-order valence-electron chi connectivity index (χ2n) is 6.09. The third-order valence-electron chi connectivity index (χ3n) is 4.58. The summed E-state index contributed by atoms with van der Waals surface area (Å²) >= 11 is 0. The Morgan fingerprint density at radius 1 is 1.17 bits per heavy atom. The molecule has 0 saturated carbocycles. The lowest BCUT2D eigenvalue weighted by molar-refractivity contribution is -0.153. The summed E-state index contributed by atoms with van der Waals surface area (Å²) in [4.78, 5) is 11.2. The first-order valence-electron chi connectivity index (χ1n) is 7.68. The zero-order chi connectivity index (χ0) is 17.0. The molecule has 2 aliphatic rings. The average molecular weight is 331 g/mol. The van der Waals surface area contributed by atoms with E-state index in [0.29, 0.717) is 11.1 Å². The summed E-state index contributed by atoms with van der Waals surface area (Å²) in [7, 11) is 0. The fraction of sp³-hybridized carbons (Fsp3) is 0.353. The molecule has 0 amide bonds. The van der Waals surface area contributed by atoms with Crippen LogP contribution in [0.25, 0.3) is 0 Å². The fourth-order valence-corrected chi connectivity index (χ4v) is 3.57. The van der Waals surface area contributed by atoms with Crippen LogP contribution in [0.5, 0.6) is 11.8 Å². The molecule has 1 saturated heterocycles. The second-order valence-corrected chi connectivity index (χ2v) is 6.09. The number of aliphatic hydroxyl groups is 1. The van der Waals surface area contributed by atoms with Gasteiger partial charge in [-0.25, -0.2) is 0 Å². The maximum Gasteiger partial charge on any atom is 0.303 e. The molecule has 0 aliphatic carbocycles. The van der Waals surface area contributed by atoms with E-state index in [2.05, 4.69) is 0 Å². The Morgan fingerprint density at radius 3 is 2.42 bits per heavy atom. The van der Waals surface area contributed by atoms with Gasteiger partial charge in [0.15, 0.2) is 6.10 Å². The van der Waals surface area contributed by atoms with Crippen molar-refractivity contribution < 1.29 is 29.6 Å². The van der Waals surface area contributed by atoms with Gasteiger partial charge in [0.05, 0.1) is 17.7 Å². The Hall–Kier alpha value is -2.51. The van der Waals surface area contributed by atoms with Crippen LogP contribution in [0.15, 0.2) is 30.3 Å². The van der Waals surface area contributed by atoms with Crippen molar-refractivity contribution in [3.8, 4) is 11.8 Å². The molecular weight excluding hydrogens is 314 g/mol. The minimum atomic E-state index is -1.08. The smallest absolute Gasteiger partial charge is 0.303 e. The zero-order valence-electron chi connectivity index (χ0n) is 12.9. The van der Waals surface area contributed by atoms with E-state index in [0.717, 1.165) is 5.56 Å². The molecule has 0 radical (unpaired) electrons. The molecule has 1 aromatic carbocycles. The predicted octanol–water partition coefficient (Wildman–Crippen LogP) is 1.37. The predicted molar refractivity (Wildman–Crippen MR) is 81.4 cm³/mol.